The van der Waals surface area contributed by atoms with Crippen LogP contribution in [-0.4, -0.2) is 43.9 Å². The Hall–Kier alpha value is -2.41. The molecule has 1 N–H and O–H groups in total. The summed E-state index contributed by atoms with van der Waals surface area (Å²) in [7, 11) is -3.36. The van der Waals surface area contributed by atoms with E-state index in [0.717, 1.165) is 17.5 Å². The summed E-state index contributed by atoms with van der Waals surface area (Å²) in [5.74, 6) is -1.82. The quantitative estimate of drug-likeness (QED) is 0.393. The lowest BCUT2D eigenvalue weighted by molar-refractivity contribution is -0.145. The van der Waals surface area contributed by atoms with Crippen molar-refractivity contribution < 1.29 is 22.7 Å². The Bertz CT molecular complexity index is 908. The van der Waals surface area contributed by atoms with Crippen LogP contribution >= 0.6 is 0 Å². The molecule has 1 amide bonds. The van der Waals surface area contributed by atoms with E-state index in [4.69, 9.17) is 4.74 Å². The Balaban J connectivity index is 2.14. The third-order valence-electron chi connectivity index (χ3n) is 5.44. The molecule has 170 valence electrons. The van der Waals surface area contributed by atoms with Crippen LogP contribution in [-0.2, 0) is 37.0 Å². The molecule has 1 aliphatic heterocycles. The summed E-state index contributed by atoms with van der Waals surface area (Å²) in [6, 6.07) is 7.54. The fourth-order valence-corrected chi connectivity index (χ4v) is 5.32. The molecule has 0 saturated carbocycles. The van der Waals surface area contributed by atoms with Crippen molar-refractivity contribution in [2.75, 3.05) is 11.5 Å². The number of esters is 1. The highest BCUT2D eigenvalue weighted by molar-refractivity contribution is 7.91. The first-order valence-corrected chi connectivity index (χ1v) is 12.5. The maximum Gasteiger partial charge on any atom is 0.309 e. The zero-order valence-electron chi connectivity index (χ0n) is 18.4. The number of benzene rings is 1. The summed E-state index contributed by atoms with van der Waals surface area (Å²) in [6.07, 6.45) is 5.02. The molecule has 1 aromatic rings. The van der Waals surface area contributed by atoms with Crippen LogP contribution in [0.4, 0.5) is 0 Å². The standard InChI is InChI=1S/C24H33NO5S/c1-5-7-12-31(28,29)16-18(4)23(26)25-21(22-13-17(3)24(27)30-22)15-20-11-8-10-19(14-20)9-6-2/h5-6,8,10-11,14,17-18,21-22H,1-2,7,9,12-13,15-16H2,3-4H3,(H,25,26)/t17-,18-,21+,22+/m1/s1. The molecule has 1 heterocycles. The van der Waals surface area contributed by atoms with Crippen LogP contribution in [0.5, 0.6) is 0 Å². The predicted octanol–water partition coefficient (Wildman–Crippen LogP) is 3.02. The molecule has 1 aromatic carbocycles. The lowest BCUT2D eigenvalue weighted by atomic mass is 9.95. The van der Waals surface area contributed by atoms with Crippen LogP contribution in [0, 0.1) is 11.8 Å². The van der Waals surface area contributed by atoms with Crippen LogP contribution in [0.15, 0.2) is 49.6 Å². The second kappa shape index (κ2) is 11.3. The normalized spacial score (nSPS) is 20.5. The summed E-state index contributed by atoms with van der Waals surface area (Å²) >= 11 is 0. The average molecular weight is 448 g/mol. The van der Waals surface area contributed by atoms with Gasteiger partial charge in [0.2, 0.25) is 5.91 Å². The minimum absolute atomic E-state index is 0.0224. The van der Waals surface area contributed by atoms with Gasteiger partial charge in [-0.1, -0.05) is 50.3 Å². The summed E-state index contributed by atoms with van der Waals surface area (Å²) < 4.78 is 30.0. The Morgan fingerprint density at radius 3 is 2.61 bits per heavy atom. The van der Waals surface area contributed by atoms with Crippen molar-refractivity contribution in [3.63, 3.8) is 0 Å². The molecule has 7 heteroatoms. The molecule has 2 rings (SSSR count). The molecular weight excluding hydrogens is 414 g/mol. The zero-order valence-corrected chi connectivity index (χ0v) is 19.2. The van der Waals surface area contributed by atoms with E-state index in [1.54, 1.807) is 19.9 Å². The van der Waals surface area contributed by atoms with Gasteiger partial charge in [-0.2, -0.15) is 0 Å². The van der Waals surface area contributed by atoms with Crippen molar-refractivity contribution >= 4 is 21.7 Å². The second-order valence-corrected chi connectivity index (χ2v) is 10.6. The molecule has 0 aliphatic carbocycles. The molecule has 0 radical (unpaired) electrons. The van der Waals surface area contributed by atoms with E-state index in [2.05, 4.69) is 18.5 Å². The van der Waals surface area contributed by atoms with E-state index in [0.29, 0.717) is 19.3 Å². The van der Waals surface area contributed by atoms with Gasteiger partial charge in [0.25, 0.3) is 0 Å². The topological polar surface area (TPSA) is 89.5 Å². The Labute approximate surface area is 185 Å². The molecule has 1 saturated heterocycles. The minimum atomic E-state index is -3.36. The van der Waals surface area contributed by atoms with Crippen molar-refractivity contribution in [3.8, 4) is 0 Å². The van der Waals surface area contributed by atoms with E-state index in [9.17, 15) is 18.0 Å². The Kier molecular flexibility index (Phi) is 9.04. The van der Waals surface area contributed by atoms with E-state index < -0.39 is 27.9 Å². The van der Waals surface area contributed by atoms with Crippen LogP contribution in [0.3, 0.4) is 0 Å². The number of amides is 1. The second-order valence-electron chi connectivity index (χ2n) is 8.34. The molecule has 1 fully saturated rings. The monoisotopic (exact) mass is 447 g/mol. The highest BCUT2D eigenvalue weighted by atomic mass is 32.2. The highest BCUT2D eigenvalue weighted by Gasteiger charge is 2.37. The molecule has 1 aliphatic rings. The van der Waals surface area contributed by atoms with Gasteiger partial charge < -0.3 is 10.1 Å². The molecular formula is C24H33NO5S. The molecule has 6 nitrogen and oxygen atoms in total. The molecule has 0 spiro atoms. The number of nitrogens with one attached hydrogen (secondary N) is 1. The number of rotatable bonds is 12. The first-order valence-electron chi connectivity index (χ1n) is 10.7. The summed E-state index contributed by atoms with van der Waals surface area (Å²) in [4.78, 5) is 24.8. The number of hydrogen-bond acceptors (Lipinski definition) is 5. The summed E-state index contributed by atoms with van der Waals surface area (Å²) in [5.41, 5.74) is 2.11. The largest absolute Gasteiger partial charge is 0.460 e. The number of cyclic esters (lactones) is 1. The summed E-state index contributed by atoms with van der Waals surface area (Å²) in [6.45, 7) is 10.7. The zero-order chi connectivity index (χ0) is 23.0. The van der Waals surface area contributed by atoms with Crippen LogP contribution in [0.1, 0.15) is 37.8 Å². The van der Waals surface area contributed by atoms with Gasteiger partial charge in [0.1, 0.15) is 6.10 Å². The van der Waals surface area contributed by atoms with Crippen molar-refractivity contribution in [1.82, 2.24) is 5.32 Å². The molecule has 0 bridgehead atoms. The van der Waals surface area contributed by atoms with Crippen LogP contribution < -0.4 is 5.32 Å². The highest BCUT2D eigenvalue weighted by Crippen LogP contribution is 2.25. The fourth-order valence-electron chi connectivity index (χ4n) is 3.71. The molecule has 4 atom stereocenters. The maximum absolute atomic E-state index is 12.8. The molecule has 0 aromatic heterocycles. The van der Waals surface area contributed by atoms with Gasteiger partial charge in [0, 0.05) is 5.92 Å². The number of carbonyl (C=O) groups is 2. The fraction of sp³-hybridized carbons (Fsp3) is 0.500. The number of allylic oxidation sites excluding steroid dienone is 2. The van der Waals surface area contributed by atoms with Gasteiger partial charge >= 0.3 is 5.97 Å². The van der Waals surface area contributed by atoms with Crippen molar-refractivity contribution in [2.24, 2.45) is 11.8 Å². The Morgan fingerprint density at radius 1 is 1.29 bits per heavy atom. The molecule has 31 heavy (non-hydrogen) atoms. The summed E-state index contributed by atoms with van der Waals surface area (Å²) in [5, 5.41) is 2.96. The van der Waals surface area contributed by atoms with Crippen LogP contribution in [0.2, 0.25) is 0 Å². The smallest absolute Gasteiger partial charge is 0.309 e. The van der Waals surface area contributed by atoms with E-state index in [1.165, 1.54) is 0 Å². The first kappa shape index (κ1) is 24.9. The van der Waals surface area contributed by atoms with Gasteiger partial charge in [-0.25, -0.2) is 8.42 Å². The van der Waals surface area contributed by atoms with Crippen molar-refractivity contribution in [3.05, 3.63) is 60.7 Å². The van der Waals surface area contributed by atoms with Gasteiger partial charge in [0.15, 0.2) is 9.84 Å². The number of ether oxygens (including phenoxy) is 1. The van der Waals surface area contributed by atoms with Gasteiger partial charge in [-0.3, -0.25) is 9.59 Å². The van der Waals surface area contributed by atoms with E-state index >= 15 is 0 Å². The lowest BCUT2D eigenvalue weighted by Gasteiger charge is -2.26. The maximum atomic E-state index is 12.8. The van der Waals surface area contributed by atoms with Crippen molar-refractivity contribution in [2.45, 2.75) is 51.7 Å². The third kappa shape index (κ3) is 7.65. The number of carbonyl (C=O) groups excluding carboxylic acids is 2. The van der Waals surface area contributed by atoms with Gasteiger partial charge in [-0.15, -0.1) is 13.2 Å². The van der Waals surface area contributed by atoms with Gasteiger partial charge in [0.05, 0.1) is 23.5 Å². The first-order chi connectivity index (χ1) is 14.6. The lowest BCUT2D eigenvalue weighted by Crippen LogP contribution is -2.47. The Morgan fingerprint density at radius 2 is 2.00 bits per heavy atom. The number of hydrogen-bond donors (Lipinski definition) is 1. The van der Waals surface area contributed by atoms with Crippen molar-refractivity contribution in [1.29, 1.82) is 0 Å². The van der Waals surface area contributed by atoms with E-state index in [-0.39, 0.29) is 29.3 Å². The predicted molar refractivity (Wildman–Crippen MR) is 122 cm³/mol. The minimum Gasteiger partial charge on any atom is -0.460 e. The SMILES string of the molecule is C=CCCS(=O)(=O)C[C@@H](C)C(=O)N[C@@H](Cc1cccc(CC=C)c1)[C@@H]1C[C@@H](C)C(=O)O1. The number of sulfone groups is 1. The molecule has 0 unspecified atom stereocenters. The van der Waals surface area contributed by atoms with Crippen LogP contribution in [0.25, 0.3) is 0 Å². The average Bonchev–Trinajstić information content (AvgIpc) is 3.04. The van der Waals surface area contributed by atoms with Gasteiger partial charge in [-0.05, 0) is 36.8 Å². The van der Waals surface area contributed by atoms with E-state index in [1.807, 2.05) is 30.3 Å². The third-order valence-corrected chi connectivity index (χ3v) is 7.31.